The number of oxazole rings is 1. The largest absolute Gasteiger partial charge is 0.479 e. The van der Waals surface area contributed by atoms with Crippen molar-refractivity contribution in [3.05, 3.63) is 60.6 Å². The van der Waals surface area contributed by atoms with E-state index in [2.05, 4.69) is 15.6 Å². The lowest BCUT2D eigenvalue weighted by Crippen LogP contribution is -2.34. The summed E-state index contributed by atoms with van der Waals surface area (Å²) in [5.41, 5.74) is 2.48. The van der Waals surface area contributed by atoms with Crippen LogP contribution in [0.1, 0.15) is 25.8 Å². The van der Waals surface area contributed by atoms with Crippen LogP contribution in [-0.2, 0) is 4.79 Å². The molecule has 2 atom stereocenters. The molecule has 3 aromatic rings. The van der Waals surface area contributed by atoms with E-state index in [4.69, 9.17) is 9.15 Å². The number of ether oxygens (including phenoxy) is 1. The van der Waals surface area contributed by atoms with Gasteiger partial charge in [-0.15, -0.1) is 0 Å². The molecule has 0 saturated heterocycles. The second-order valence-electron chi connectivity index (χ2n) is 6.26. The number of anilines is 2. The molecule has 0 saturated carbocycles. The summed E-state index contributed by atoms with van der Waals surface area (Å²) in [5.74, 6) is 1.84. The number of nitrogens with zero attached hydrogens (tertiary/aromatic N) is 1. The average Bonchev–Trinajstić information content (AvgIpc) is 3.14. The van der Waals surface area contributed by atoms with Gasteiger partial charge in [-0.05, 0) is 32.0 Å². The molecule has 1 aliphatic rings. The Bertz CT molecular complexity index is 936. The van der Waals surface area contributed by atoms with Crippen molar-refractivity contribution in [3.63, 3.8) is 0 Å². The number of hydrogen-bond donors (Lipinski definition) is 2. The van der Waals surface area contributed by atoms with Crippen LogP contribution in [-0.4, -0.2) is 17.0 Å². The number of carbonyl (C=O) groups excluding carboxylic acids is 1. The van der Waals surface area contributed by atoms with E-state index in [1.165, 1.54) is 0 Å². The zero-order valence-electron chi connectivity index (χ0n) is 14.5. The van der Waals surface area contributed by atoms with Gasteiger partial charge in [0, 0.05) is 11.3 Å². The van der Waals surface area contributed by atoms with Crippen molar-refractivity contribution in [2.24, 2.45) is 0 Å². The van der Waals surface area contributed by atoms with Crippen LogP contribution in [0.5, 0.6) is 5.75 Å². The minimum Gasteiger partial charge on any atom is -0.479 e. The lowest BCUT2D eigenvalue weighted by molar-refractivity contribution is -0.122. The molecular weight excluding hydrogens is 330 g/mol. The van der Waals surface area contributed by atoms with E-state index in [-0.39, 0.29) is 11.9 Å². The molecule has 0 aliphatic carbocycles. The predicted molar refractivity (Wildman–Crippen MR) is 99.1 cm³/mol. The molecule has 0 fully saturated rings. The van der Waals surface area contributed by atoms with Gasteiger partial charge in [0.2, 0.25) is 5.89 Å². The van der Waals surface area contributed by atoms with Crippen LogP contribution in [0.25, 0.3) is 11.3 Å². The highest BCUT2D eigenvalue weighted by Gasteiger charge is 2.24. The molecule has 1 amide bonds. The molecule has 0 spiro atoms. The summed E-state index contributed by atoms with van der Waals surface area (Å²) < 4.78 is 11.4. The molecule has 26 heavy (non-hydrogen) atoms. The number of nitrogens with one attached hydrogen (secondary N) is 2. The Labute approximate surface area is 151 Å². The van der Waals surface area contributed by atoms with Crippen molar-refractivity contribution < 1.29 is 13.9 Å². The van der Waals surface area contributed by atoms with E-state index in [9.17, 15) is 4.79 Å². The molecule has 2 heterocycles. The van der Waals surface area contributed by atoms with Crippen molar-refractivity contribution in [1.29, 1.82) is 0 Å². The maximum Gasteiger partial charge on any atom is 0.265 e. The van der Waals surface area contributed by atoms with Gasteiger partial charge < -0.3 is 19.8 Å². The quantitative estimate of drug-likeness (QED) is 0.737. The second-order valence-corrected chi connectivity index (χ2v) is 6.26. The molecule has 1 aliphatic heterocycles. The van der Waals surface area contributed by atoms with Crippen LogP contribution < -0.4 is 15.4 Å². The Morgan fingerprint density at radius 2 is 2.00 bits per heavy atom. The smallest absolute Gasteiger partial charge is 0.265 e. The van der Waals surface area contributed by atoms with Crippen LogP contribution in [0.2, 0.25) is 0 Å². The first-order valence-electron chi connectivity index (χ1n) is 8.49. The molecule has 0 unspecified atom stereocenters. The third-order valence-corrected chi connectivity index (χ3v) is 4.25. The maximum absolute atomic E-state index is 11.8. The van der Waals surface area contributed by atoms with Crippen molar-refractivity contribution in [3.8, 4) is 17.1 Å². The number of carbonyl (C=O) groups is 1. The van der Waals surface area contributed by atoms with E-state index in [1.54, 1.807) is 13.1 Å². The lowest BCUT2D eigenvalue weighted by atomic mass is 10.2. The Balaban J connectivity index is 1.50. The van der Waals surface area contributed by atoms with Crippen molar-refractivity contribution in [2.45, 2.75) is 26.0 Å². The van der Waals surface area contributed by atoms with E-state index >= 15 is 0 Å². The minimum absolute atomic E-state index is 0.135. The molecule has 2 aromatic carbocycles. The number of benzene rings is 2. The monoisotopic (exact) mass is 349 g/mol. The summed E-state index contributed by atoms with van der Waals surface area (Å²) in [7, 11) is 0. The molecule has 1 aromatic heterocycles. The molecule has 0 radical (unpaired) electrons. The number of fused-ring (bicyclic) bond motifs is 1. The van der Waals surface area contributed by atoms with Gasteiger partial charge in [0.05, 0.1) is 11.9 Å². The Morgan fingerprint density at radius 3 is 2.81 bits per heavy atom. The third kappa shape index (κ3) is 3.13. The molecule has 2 N–H and O–H groups in total. The van der Waals surface area contributed by atoms with Crippen molar-refractivity contribution >= 4 is 17.3 Å². The highest BCUT2D eigenvalue weighted by Crippen LogP contribution is 2.33. The summed E-state index contributed by atoms with van der Waals surface area (Å²) in [6, 6.07) is 15.3. The highest BCUT2D eigenvalue weighted by atomic mass is 16.5. The van der Waals surface area contributed by atoms with Gasteiger partial charge in [0.1, 0.15) is 11.8 Å². The van der Waals surface area contributed by atoms with Gasteiger partial charge >= 0.3 is 0 Å². The SMILES string of the molecule is C[C@H]1Oc2ccc(N[C@H](C)c3ncc(-c4ccccc4)o3)cc2NC1=O. The third-order valence-electron chi connectivity index (χ3n) is 4.25. The topological polar surface area (TPSA) is 76.4 Å². The van der Waals surface area contributed by atoms with Crippen LogP contribution in [0, 0.1) is 0 Å². The Kier molecular flexibility index (Phi) is 4.08. The predicted octanol–water partition coefficient (Wildman–Crippen LogP) is 4.23. The minimum atomic E-state index is -0.482. The summed E-state index contributed by atoms with van der Waals surface area (Å²) in [4.78, 5) is 16.1. The number of aromatic nitrogens is 1. The number of rotatable bonds is 4. The molecule has 6 nitrogen and oxygen atoms in total. The van der Waals surface area contributed by atoms with Crippen LogP contribution >= 0.6 is 0 Å². The van der Waals surface area contributed by atoms with Crippen LogP contribution in [0.3, 0.4) is 0 Å². The summed E-state index contributed by atoms with van der Waals surface area (Å²) in [5, 5.41) is 6.18. The molecule has 132 valence electrons. The molecular formula is C20H19N3O3. The van der Waals surface area contributed by atoms with Crippen LogP contribution in [0.15, 0.2) is 59.1 Å². The number of amides is 1. The van der Waals surface area contributed by atoms with Gasteiger partial charge in [0.25, 0.3) is 5.91 Å². The van der Waals surface area contributed by atoms with Gasteiger partial charge in [-0.25, -0.2) is 4.98 Å². The fourth-order valence-electron chi connectivity index (χ4n) is 2.83. The highest BCUT2D eigenvalue weighted by molar-refractivity contribution is 5.98. The average molecular weight is 349 g/mol. The summed E-state index contributed by atoms with van der Waals surface area (Å²) in [6.07, 6.45) is 1.24. The normalized spacial score (nSPS) is 17.0. The molecule has 4 rings (SSSR count). The number of hydrogen-bond acceptors (Lipinski definition) is 5. The van der Waals surface area contributed by atoms with E-state index in [1.807, 2.05) is 55.5 Å². The first-order valence-corrected chi connectivity index (χ1v) is 8.49. The van der Waals surface area contributed by atoms with Crippen molar-refractivity contribution in [2.75, 3.05) is 10.6 Å². The van der Waals surface area contributed by atoms with Crippen LogP contribution in [0.4, 0.5) is 11.4 Å². The Hall–Kier alpha value is -3.28. The zero-order chi connectivity index (χ0) is 18.1. The van der Waals surface area contributed by atoms with E-state index < -0.39 is 6.10 Å². The van der Waals surface area contributed by atoms with Gasteiger partial charge in [0.15, 0.2) is 11.9 Å². The summed E-state index contributed by atoms with van der Waals surface area (Å²) in [6.45, 7) is 3.69. The fraction of sp³-hybridized carbons (Fsp3) is 0.200. The van der Waals surface area contributed by atoms with Gasteiger partial charge in [-0.3, -0.25) is 4.79 Å². The standard InChI is InChI=1S/C20H19N3O3/c1-12(20-21-11-18(26-20)14-6-4-3-5-7-14)22-15-8-9-17-16(10-15)23-19(24)13(2)25-17/h3-13,22H,1-2H3,(H,23,24)/t12-,13-/m1/s1. The first-order chi connectivity index (χ1) is 12.6. The zero-order valence-corrected chi connectivity index (χ0v) is 14.5. The summed E-state index contributed by atoms with van der Waals surface area (Å²) >= 11 is 0. The van der Waals surface area contributed by atoms with E-state index in [0.717, 1.165) is 17.0 Å². The second kappa shape index (κ2) is 6.55. The Morgan fingerprint density at radius 1 is 1.19 bits per heavy atom. The maximum atomic E-state index is 11.8. The van der Waals surface area contributed by atoms with Gasteiger partial charge in [-0.1, -0.05) is 30.3 Å². The fourth-order valence-corrected chi connectivity index (χ4v) is 2.83. The first kappa shape index (κ1) is 16.2. The lowest BCUT2D eigenvalue weighted by Gasteiger charge is -2.24. The molecule has 0 bridgehead atoms. The van der Waals surface area contributed by atoms with Crippen molar-refractivity contribution in [1.82, 2.24) is 4.98 Å². The van der Waals surface area contributed by atoms with Gasteiger partial charge in [-0.2, -0.15) is 0 Å². The van der Waals surface area contributed by atoms with E-state index in [0.29, 0.717) is 17.3 Å². The molecule has 6 heteroatoms.